The summed E-state index contributed by atoms with van der Waals surface area (Å²) in [4.78, 5) is 40.0. The number of methoxy groups -OCH3 is 1. The Morgan fingerprint density at radius 3 is 2.44 bits per heavy atom. The summed E-state index contributed by atoms with van der Waals surface area (Å²) in [6, 6.07) is 5.16. The number of nitrogens with zero attached hydrogens (tertiary/aromatic N) is 2. The lowest BCUT2D eigenvalue weighted by molar-refractivity contribution is -0.150. The molecule has 0 bridgehead atoms. The van der Waals surface area contributed by atoms with Crippen LogP contribution in [0.3, 0.4) is 0 Å². The van der Waals surface area contributed by atoms with Crippen LogP contribution in [0.5, 0.6) is 5.75 Å². The van der Waals surface area contributed by atoms with Gasteiger partial charge in [-0.1, -0.05) is 35.0 Å². The van der Waals surface area contributed by atoms with E-state index in [1.165, 1.54) is 19.2 Å². The van der Waals surface area contributed by atoms with Crippen LogP contribution in [0, 0.1) is 17.2 Å². The molecule has 1 fully saturated rings. The van der Waals surface area contributed by atoms with Crippen LogP contribution in [0.15, 0.2) is 22.7 Å². The van der Waals surface area contributed by atoms with Gasteiger partial charge < -0.3 is 19.7 Å². The molecular weight excluding hydrogens is 501 g/mol. The maximum atomic E-state index is 13.0. The normalized spacial score (nSPS) is 20.4. The molecule has 0 unspecified atom stereocenters. The van der Waals surface area contributed by atoms with Crippen molar-refractivity contribution in [1.29, 1.82) is 5.26 Å². The maximum Gasteiger partial charge on any atom is 0.319 e. The number of amides is 2. The molecule has 2 aliphatic rings. The maximum absolute atomic E-state index is 13.0. The number of hydrogen-bond acceptors (Lipinski definition) is 7. The molecule has 3 rings (SSSR count). The first-order chi connectivity index (χ1) is 16.3. The van der Waals surface area contributed by atoms with Gasteiger partial charge in [-0.2, -0.15) is 5.26 Å². The number of rotatable bonds is 7. The summed E-state index contributed by atoms with van der Waals surface area (Å²) in [6.45, 7) is 3.52. The SMILES string of the molecule is CCOc1c(Cl)cc([C@H]2C(C#N)=C(SCC(=O)N3CCCCC3)NC(=O)[C@H]2C(=O)OC)cc1Cl. The molecule has 182 valence electrons. The molecule has 0 spiro atoms. The molecule has 1 saturated heterocycles. The lowest BCUT2D eigenvalue weighted by atomic mass is 9.78. The van der Waals surface area contributed by atoms with Crippen molar-refractivity contribution in [2.75, 3.05) is 32.6 Å². The standard InChI is InChI=1S/C23H25Cl2N3O5S/c1-3-33-20-15(24)9-13(10-16(20)25)18-14(11-26)22(27-21(30)19(18)23(31)32-2)34-12-17(29)28-7-5-4-6-8-28/h9-10,18-19H,3-8,12H2,1-2H3,(H,27,30)/t18-,19-/m0/s1. The summed E-state index contributed by atoms with van der Waals surface area (Å²) in [7, 11) is 1.17. The van der Waals surface area contributed by atoms with Crippen LogP contribution in [-0.4, -0.2) is 55.2 Å². The number of piperidine rings is 1. The average molecular weight is 526 g/mol. The third-order valence-electron chi connectivity index (χ3n) is 5.70. The fraction of sp³-hybridized carbons (Fsp3) is 0.478. The number of hydrogen-bond donors (Lipinski definition) is 1. The van der Waals surface area contributed by atoms with E-state index in [0.717, 1.165) is 31.0 Å². The fourth-order valence-electron chi connectivity index (χ4n) is 4.09. The zero-order valence-corrected chi connectivity index (χ0v) is 21.2. The van der Waals surface area contributed by atoms with Gasteiger partial charge in [-0.05, 0) is 43.9 Å². The molecule has 34 heavy (non-hydrogen) atoms. The topological polar surface area (TPSA) is 109 Å². The van der Waals surface area contributed by atoms with Crippen LogP contribution in [-0.2, 0) is 19.1 Å². The van der Waals surface area contributed by atoms with Crippen LogP contribution < -0.4 is 10.1 Å². The van der Waals surface area contributed by atoms with Crippen molar-refractivity contribution in [3.8, 4) is 11.8 Å². The number of nitriles is 1. The Morgan fingerprint density at radius 1 is 1.24 bits per heavy atom. The molecule has 0 radical (unpaired) electrons. The summed E-state index contributed by atoms with van der Waals surface area (Å²) < 4.78 is 10.3. The van der Waals surface area contributed by atoms with Gasteiger partial charge in [0.1, 0.15) is 5.92 Å². The van der Waals surface area contributed by atoms with E-state index in [-0.39, 0.29) is 38.1 Å². The number of allylic oxidation sites excluding steroid dienone is 1. The third-order valence-corrected chi connectivity index (χ3v) is 7.26. The number of carbonyl (C=O) groups excluding carboxylic acids is 3. The molecule has 2 atom stereocenters. The number of esters is 1. The second-order valence-corrected chi connectivity index (χ2v) is 9.60. The quantitative estimate of drug-likeness (QED) is 0.424. The van der Waals surface area contributed by atoms with Gasteiger partial charge in [-0.3, -0.25) is 14.4 Å². The number of likely N-dealkylation sites (tertiary alicyclic amines) is 1. The minimum atomic E-state index is -1.33. The van der Waals surface area contributed by atoms with Crippen molar-refractivity contribution in [2.45, 2.75) is 32.1 Å². The summed E-state index contributed by atoms with van der Waals surface area (Å²) in [5, 5.41) is 13.3. The largest absolute Gasteiger partial charge is 0.491 e. The van der Waals surface area contributed by atoms with Crippen molar-refractivity contribution in [1.82, 2.24) is 10.2 Å². The predicted octanol–water partition coefficient (Wildman–Crippen LogP) is 3.88. The van der Waals surface area contributed by atoms with E-state index in [4.69, 9.17) is 32.7 Å². The highest BCUT2D eigenvalue weighted by Crippen LogP contribution is 2.44. The van der Waals surface area contributed by atoms with Gasteiger partial charge in [0.15, 0.2) is 5.75 Å². The zero-order valence-electron chi connectivity index (χ0n) is 18.9. The summed E-state index contributed by atoms with van der Waals surface area (Å²) in [6.07, 6.45) is 3.02. The molecule has 2 aliphatic heterocycles. The first-order valence-corrected chi connectivity index (χ1v) is 12.6. The Balaban J connectivity index is 2.00. The van der Waals surface area contributed by atoms with Crippen LogP contribution in [0.2, 0.25) is 10.0 Å². The summed E-state index contributed by atoms with van der Waals surface area (Å²) in [5.41, 5.74) is 0.517. The van der Waals surface area contributed by atoms with Crippen molar-refractivity contribution in [3.05, 3.63) is 38.3 Å². The summed E-state index contributed by atoms with van der Waals surface area (Å²) in [5.74, 6) is -3.50. The van der Waals surface area contributed by atoms with Gasteiger partial charge in [-0.15, -0.1) is 0 Å². The molecule has 0 aliphatic carbocycles. The molecule has 0 aromatic heterocycles. The number of ether oxygens (including phenoxy) is 2. The Hall–Kier alpha value is -2.41. The second kappa shape index (κ2) is 11.8. The highest BCUT2D eigenvalue weighted by molar-refractivity contribution is 8.03. The Kier molecular flexibility index (Phi) is 9.11. The number of halogens is 2. The first kappa shape index (κ1) is 26.2. The van der Waals surface area contributed by atoms with Crippen molar-refractivity contribution in [3.63, 3.8) is 0 Å². The summed E-state index contributed by atoms with van der Waals surface area (Å²) >= 11 is 13.8. The molecule has 2 amide bonds. The monoisotopic (exact) mass is 525 g/mol. The first-order valence-electron chi connectivity index (χ1n) is 10.9. The zero-order chi connectivity index (χ0) is 24.8. The minimum Gasteiger partial charge on any atom is -0.491 e. The van der Waals surface area contributed by atoms with E-state index >= 15 is 0 Å². The van der Waals surface area contributed by atoms with E-state index in [1.807, 2.05) is 0 Å². The van der Waals surface area contributed by atoms with Crippen molar-refractivity contribution >= 4 is 52.7 Å². The predicted molar refractivity (Wildman–Crippen MR) is 130 cm³/mol. The van der Waals surface area contributed by atoms with E-state index < -0.39 is 23.7 Å². The molecule has 2 heterocycles. The highest BCUT2D eigenvalue weighted by Gasteiger charge is 2.45. The number of nitrogens with one attached hydrogen (secondary N) is 1. The number of carbonyl (C=O) groups is 3. The van der Waals surface area contributed by atoms with Gasteiger partial charge in [0.2, 0.25) is 11.8 Å². The molecule has 0 saturated carbocycles. The molecule has 8 nitrogen and oxygen atoms in total. The van der Waals surface area contributed by atoms with Gasteiger partial charge in [-0.25, -0.2) is 0 Å². The molecule has 11 heteroatoms. The van der Waals surface area contributed by atoms with E-state index in [9.17, 15) is 19.6 Å². The highest BCUT2D eigenvalue weighted by atomic mass is 35.5. The van der Waals surface area contributed by atoms with E-state index in [1.54, 1.807) is 11.8 Å². The lowest BCUT2D eigenvalue weighted by Gasteiger charge is -2.32. The van der Waals surface area contributed by atoms with Gasteiger partial charge in [0.05, 0.1) is 46.2 Å². The van der Waals surface area contributed by atoms with E-state index in [2.05, 4.69) is 11.4 Å². The fourth-order valence-corrected chi connectivity index (χ4v) is 5.65. The van der Waals surface area contributed by atoms with Crippen LogP contribution in [0.4, 0.5) is 0 Å². The Morgan fingerprint density at radius 2 is 1.88 bits per heavy atom. The second-order valence-electron chi connectivity index (χ2n) is 7.80. The Labute approximate surface area is 212 Å². The average Bonchev–Trinajstić information content (AvgIpc) is 2.84. The van der Waals surface area contributed by atoms with Crippen molar-refractivity contribution < 1.29 is 23.9 Å². The third kappa shape index (κ3) is 5.62. The number of thioether (sulfide) groups is 1. The number of benzene rings is 1. The van der Waals surface area contributed by atoms with Gasteiger partial charge in [0, 0.05) is 19.0 Å². The minimum absolute atomic E-state index is 0.0567. The van der Waals surface area contributed by atoms with Gasteiger partial charge in [0.25, 0.3) is 0 Å². The van der Waals surface area contributed by atoms with Crippen LogP contribution >= 0.6 is 35.0 Å². The lowest BCUT2D eigenvalue weighted by Crippen LogP contribution is -2.44. The van der Waals surface area contributed by atoms with E-state index in [0.29, 0.717) is 25.3 Å². The van der Waals surface area contributed by atoms with Gasteiger partial charge >= 0.3 is 5.97 Å². The van der Waals surface area contributed by atoms with Crippen LogP contribution in [0.25, 0.3) is 0 Å². The van der Waals surface area contributed by atoms with Crippen LogP contribution in [0.1, 0.15) is 37.7 Å². The Bertz CT molecular complexity index is 1030. The van der Waals surface area contributed by atoms with Crippen molar-refractivity contribution in [2.24, 2.45) is 5.92 Å². The smallest absolute Gasteiger partial charge is 0.319 e. The molecule has 1 aromatic rings. The molecule has 1 N–H and O–H groups in total. The molecule has 1 aromatic carbocycles. The molecular formula is C23H25Cl2N3O5S.